The van der Waals surface area contributed by atoms with E-state index in [0.717, 1.165) is 25.8 Å². The molecule has 102 valence electrons. The molecule has 0 spiro atoms. The standard InChI is InChI=1S/C13H27NO3/c1-5-7-11(3)17-10-8-12(13(15)16-4)14-9-6-2/h11-12,14H,5-10H2,1-4H3. The van der Waals surface area contributed by atoms with E-state index in [9.17, 15) is 4.79 Å². The smallest absolute Gasteiger partial charge is 0.322 e. The quantitative estimate of drug-likeness (QED) is 0.599. The van der Waals surface area contributed by atoms with Gasteiger partial charge in [-0.2, -0.15) is 0 Å². The second kappa shape index (κ2) is 10.5. The topological polar surface area (TPSA) is 47.6 Å². The van der Waals surface area contributed by atoms with Crippen LogP contribution in [0.5, 0.6) is 0 Å². The van der Waals surface area contributed by atoms with Crippen LogP contribution >= 0.6 is 0 Å². The molecule has 0 heterocycles. The summed E-state index contributed by atoms with van der Waals surface area (Å²) in [5.41, 5.74) is 0. The highest BCUT2D eigenvalue weighted by molar-refractivity contribution is 5.75. The predicted octanol–water partition coefficient (Wildman–Crippen LogP) is 2.12. The van der Waals surface area contributed by atoms with Gasteiger partial charge in [-0.05, 0) is 32.7 Å². The Morgan fingerprint density at radius 2 is 1.94 bits per heavy atom. The van der Waals surface area contributed by atoms with Gasteiger partial charge in [-0.25, -0.2) is 0 Å². The van der Waals surface area contributed by atoms with Crippen LogP contribution in [0, 0.1) is 0 Å². The van der Waals surface area contributed by atoms with Crippen LogP contribution in [0.1, 0.15) is 46.5 Å². The number of methoxy groups -OCH3 is 1. The van der Waals surface area contributed by atoms with Gasteiger partial charge in [0.2, 0.25) is 0 Å². The minimum Gasteiger partial charge on any atom is -0.468 e. The third-order valence-electron chi connectivity index (χ3n) is 2.63. The van der Waals surface area contributed by atoms with E-state index in [0.29, 0.717) is 13.0 Å². The highest BCUT2D eigenvalue weighted by Crippen LogP contribution is 2.03. The molecule has 0 radical (unpaired) electrons. The zero-order chi connectivity index (χ0) is 13.1. The van der Waals surface area contributed by atoms with Crippen LogP contribution in [0.15, 0.2) is 0 Å². The van der Waals surface area contributed by atoms with Crippen molar-refractivity contribution >= 4 is 5.97 Å². The summed E-state index contributed by atoms with van der Waals surface area (Å²) in [5, 5.41) is 3.17. The summed E-state index contributed by atoms with van der Waals surface area (Å²) >= 11 is 0. The molecule has 0 saturated carbocycles. The van der Waals surface area contributed by atoms with Gasteiger partial charge < -0.3 is 14.8 Å². The zero-order valence-corrected chi connectivity index (χ0v) is 11.6. The Morgan fingerprint density at radius 1 is 1.24 bits per heavy atom. The van der Waals surface area contributed by atoms with Crippen molar-refractivity contribution in [1.82, 2.24) is 5.32 Å². The Kier molecular flexibility index (Phi) is 10.2. The maximum absolute atomic E-state index is 11.5. The van der Waals surface area contributed by atoms with Crippen molar-refractivity contribution in [3.8, 4) is 0 Å². The van der Waals surface area contributed by atoms with Crippen molar-refractivity contribution in [2.45, 2.75) is 58.6 Å². The summed E-state index contributed by atoms with van der Waals surface area (Å²) in [6, 6.07) is -0.242. The van der Waals surface area contributed by atoms with Gasteiger partial charge in [0.1, 0.15) is 6.04 Å². The van der Waals surface area contributed by atoms with E-state index in [1.54, 1.807) is 0 Å². The van der Waals surface area contributed by atoms with Gasteiger partial charge >= 0.3 is 5.97 Å². The van der Waals surface area contributed by atoms with E-state index in [-0.39, 0.29) is 18.1 Å². The molecule has 0 fully saturated rings. The molecule has 1 N–H and O–H groups in total. The number of nitrogens with one attached hydrogen (secondary N) is 1. The van der Waals surface area contributed by atoms with Crippen molar-refractivity contribution in [2.24, 2.45) is 0 Å². The van der Waals surface area contributed by atoms with E-state index in [2.05, 4.69) is 26.1 Å². The lowest BCUT2D eigenvalue weighted by Crippen LogP contribution is -2.39. The van der Waals surface area contributed by atoms with Crippen LogP contribution in [0.2, 0.25) is 0 Å². The van der Waals surface area contributed by atoms with Crippen molar-refractivity contribution in [3.63, 3.8) is 0 Å². The third-order valence-corrected chi connectivity index (χ3v) is 2.63. The van der Waals surface area contributed by atoms with Crippen molar-refractivity contribution in [1.29, 1.82) is 0 Å². The predicted molar refractivity (Wildman–Crippen MR) is 69.0 cm³/mol. The van der Waals surface area contributed by atoms with Gasteiger partial charge in [-0.15, -0.1) is 0 Å². The summed E-state index contributed by atoms with van der Waals surface area (Å²) in [5.74, 6) is -0.204. The maximum Gasteiger partial charge on any atom is 0.322 e. The third kappa shape index (κ3) is 8.16. The van der Waals surface area contributed by atoms with E-state index >= 15 is 0 Å². The maximum atomic E-state index is 11.5. The number of ether oxygens (including phenoxy) is 2. The molecule has 0 aromatic heterocycles. The largest absolute Gasteiger partial charge is 0.468 e. The van der Waals surface area contributed by atoms with E-state index in [1.807, 2.05) is 0 Å². The summed E-state index contributed by atoms with van der Waals surface area (Å²) in [6.45, 7) is 7.69. The number of hydrogen-bond acceptors (Lipinski definition) is 4. The van der Waals surface area contributed by atoms with Crippen molar-refractivity contribution < 1.29 is 14.3 Å². The first-order chi connectivity index (χ1) is 8.15. The normalized spacial score (nSPS) is 14.4. The van der Waals surface area contributed by atoms with Gasteiger partial charge in [-0.3, -0.25) is 4.79 Å². The van der Waals surface area contributed by atoms with E-state index in [4.69, 9.17) is 9.47 Å². The highest BCUT2D eigenvalue weighted by Gasteiger charge is 2.18. The van der Waals surface area contributed by atoms with Gasteiger partial charge in [0, 0.05) is 6.61 Å². The summed E-state index contributed by atoms with van der Waals surface area (Å²) in [6.07, 6.45) is 4.12. The van der Waals surface area contributed by atoms with Crippen LogP contribution < -0.4 is 5.32 Å². The van der Waals surface area contributed by atoms with Crippen molar-refractivity contribution in [3.05, 3.63) is 0 Å². The fraction of sp³-hybridized carbons (Fsp3) is 0.923. The van der Waals surface area contributed by atoms with Gasteiger partial charge in [-0.1, -0.05) is 20.3 Å². The molecule has 0 amide bonds. The van der Waals surface area contributed by atoms with E-state index in [1.165, 1.54) is 7.11 Å². The first-order valence-corrected chi connectivity index (χ1v) is 6.58. The molecule has 0 aromatic carbocycles. The molecule has 0 saturated heterocycles. The first kappa shape index (κ1) is 16.4. The summed E-state index contributed by atoms with van der Waals surface area (Å²) < 4.78 is 10.4. The Bertz CT molecular complexity index is 197. The lowest BCUT2D eigenvalue weighted by molar-refractivity contribution is -0.143. The lowest BCUT2D eigenvalue weighted by Gasteiger charge is -2.18. The molecule has 2 atom stereocenters. The number of hydrogen-bond donors (Lipinski definition) is 1. The van der Waals surface area contributed by atoms with Crippen LogP contribution in [0.4, 0.5) is 0 Å². The molecule has 0 bridgehead atoms. The van der Waals surface area contributed by atoms with Crippen LogP contribution in [0.3, 0.4) is 0 Å². The zero-order valence-electron chi connectivity index (χ0n) is 11.6. The molecule has 2 unspecified atom stereocenters. The molecule has 4 nitrogen and oxygen atoms in total. The van der Waals surface area contributed by atoms with Gasteiger partial charge in [0.25, 0.3) is 0 Å². The molecule has 17 heavy (non-hydrogen) atoms. The molecular weight excluding hydrogens is 218 g/mol. The highest BCUT2D eigenvalue weighted by atomic mass is 16.5. The van der Waals surface area contributed by atoms with E-state index < -0.39 is 0 Å². The minimum atomic E-state index is -0.242. The fourth-order valence-electron chi connectivity index (χ4n) is 1.64. The Hall–Kier alpha value is -0.610. The number of carbonyl (C=O) groups excluding carboxylic acids is 1. The molecule has 0 aromatic rings. The average molecular weight is 245 g/mol. The van der Waals surface area contributed by atoms with Crippen LogP contribution in [-0.2, 0) is 14.3 Å². The number of carbonyl (C=O) groups is 1. The Labute approximate surface area is 105 Å². The number of rotatable bonds is 10. The van der Waals surface area contributed by atoms with Crippen LogP contribution in [0.25, 0.3) is 0 Å². The molecule has 0 aliphatic rings. The first-order valence-electron chi connectivity index (χ1n) is 6.58. The monoisotopic (exact) mass is 245 g/mol. The summed E-state index contributed by atoms with van der Waals surface area (Å²) in [4.78, 5) is 11.5. The lowest BCUT2D eigenvalue weighted by atomic mass is 10.2. The Morgan fingerprint density at radius 3 is 2.47 bits per heavy atom. The molecule has 0 aliphatic carbocycles. The number of esters is 1. The molecular formula is C13H27NO3. The van der Waals surface area contributed by atoms with Gasteiger partial charge in [0.05, 0.1) is 13.2 Å². The van der Waals surface area contributed by atoms with Crippen molar-refractivity contribution in [2.75, 3.05) is 20.3 Å². The second-order valence-corrected chi connectivity index (χ2v) is 4.29. The molecule has 0 aliphatic heterocycles. The van der Waals surface area contributed by atoms with Gasteiger partial charge in [0.15, 0.2) is 0 Å². The van der Waals surface area contributed by atoms with Crippen LogP contribution in [-0.4, -0.2) is 38.4 Å². The Balaban J connectivity index is 3.86. The minimum absolute atomic E-state index is 0.204. The molecule has 4 heteroatoms. The fourth-order valence-corrected chi connectivity index (χ4v) is 1.64. The second-order valence-electron chi connectivity index (χ2n) is 4.29. The average Bonchev–Trinajstić information content (AvgIpc) is 2.32. The summed E-state index contributed by atoms with van der Waals surface area (Å²) in [7, 11) is 1.42. The SMILES string of the molecule is CCCNC(CCOC(C)CCC)C(=O)OC. The molecule has 0 rings (SSSR count).